The number of rotatable bonds is 9. The molecule has 156 valence electrons. The monoisotopic (exact) mass is 424 g/mol. The SMILES string of the molecule is C=CCn1c(-c2ccccc2OC)nn(CN(Cc2ccc(F)cc2)C2CC2)c1=S. The Hall–Kier alpha value is -2.77. The van der Waals surface area contributed by atoms with E-state index in [1.165, 1.54) is 12.1 Å². The maximum Gasteiger partial charge on any atom is 0.199 e. The number of allylic oxidation sites excluding steroid dienone is 1. The second-order valence-corrected chi connectivity index (χ2v) is 7.82. The highest BCUT2D eigenvalue weighted by Gasteiger charge is 2.30. The summed E-state index contributed by atoms with van der Waals surface area (Å²) in [4.78, 5) is 2.35. The van der Waals surface area contributed by atoms with Gasteiger partial charge in [-0.25, -0.2) is 9.07 Å². The number of ether oxygens (including phenoxy) is 1. The van der Waals surface area contributed by atoms with E-state index in [0.717, 1.165) is 42.1 Å². The predicted octanol–water partition coefficient (Wildman–Crippen LogP) is 5.04. The molecule has 3 aromatic rings. The summed E-state index contributed by atoms with van der Waals surface area (Å²) in [5.74, 6) is 1.29. The van der Waals surface area contributed by atoms with Gasteiger partial charge in [0, 0.05) is 19.1 Å². The first-order valence-corrected chi connectivity index (χ1v) is 10.4. The van der Waals surface area contributed by atoms with Crippen LogP contribution < -0.4 is 4.74 Å². The molecule has 0 bridgehead atoms. The first-order chi connectivity index (χ1) is 14.6. The Kier molecular flexibility index (Phi) is 6.11. The molecule has 1 aliphatic carbocycles. The van der Waals surface area contributed by atoms with Gasteiger partial charge in [0.25, 0.3) is 0 Å². The van der Waals surface area contributed by atoms with E-state index in [2.05, 4.69) is 11.5 Å². The highest BCUT2D eigenvalue weighted by Crippen LogP contribution is 2.31. The summed E-state index contributed by atoms with van der Waals surface area (Å²) in [5.41, 5.74) is 1.97. The average molecular weight is 425 g/mol. The average Bonchev–Trinajstić information content (AvgIpc) is 3.56. The van der Waals surface area contributed by atoms with Gasteiger partial charge in [-0.15, -0.1) is 6.58 Å². The highest BCUT2D eigenvalue weighted by molar-refractivity contribution is 7.71. The van der Waals surface area contributed by atoms with Gasteiger partial charge in [-0.2, -0.15) is 5.10 Å². The van der Waals surface area contributed by atoms with Crippen molar-refractivity contribution in [2.45, 2.75) is 38.6 Å². The van der Waals surface area contributed by atoms with Gasteiger partial charge in [0.15, 0.2) is 10.6 Å². The van der Waals surface area contributed by atoms with Gasteiger partial charge in [0.1, 0.15) is 11.6 Å². The zero-order chi connectivity index (χ0) is 21.1. The van der Waals surface area contributed by atoms with Crippen LogP contribution in [-0.2, 0) is 19.8 Å². The summed E-state index contributed by atoms with van der Waals surface area (Å²) in [7, 11) is 1.65. The van der Waals surface area contributed by atoms with Crippen LogP contribution in [0.5, 0.6) is 5.75 Å². The second-order valence-electron chi connectivity index (χ2n) is 7.45. The number of halogens is 1. The smallest absolute Gasteiger partial charge is 0.199 e. The van der Waals surface area contributed by atoms with Gasteiger partial charge >= 0.3 is 0 Å². The number of nitrogens with zero attached hydrogens (tertiary/aromatic N) is 4. The summed E-state index contributed by atoms with van der Waals surface area (Å²) in [6.45, 7) is 5.74. The standard InChI is InChI=1S/C23H25FN4OS/c1-3-14-27-22(20-6-4-5-7-21(20)29-2)25-28(23(27)30)16-26(19-12-13-19)15-17-8-10-18(24)11-9-17/h3-11,19H,1,12-16H2,2H3. The molecule has 1 saturated carbocycles. The van der Waals surface area contributed by atoms with E-state index in [9.17, 15) is 4.39 Å². The van der Waals surface area contributed by atoms with Crippen LogP contribution in [0.15, 0.2) is 61.2 Å². The number of methoxy groups -OCH3 is 1. The molecule has 0 atom stereocenters. The molecular formula is C23H25FN4OS. The van der Waals surface area contributed by atoms with E-state index in [-0.39, 0.29) is 5.82 Å². The minimum Gasteiger partial charge on any atom is -0.496 e. The molecule has 1 heterocycles. The molecule has 0 spiro atoms. The molecule has 30 heavy (non-hydrogen) atoms. The van der Waals surface area contributed by atoms with Crippen LogP contribution in [0.3, 0.4) is 0 Å². The summed E-state index contributed by atoms with van der Waals surface area (Å²) in [6, 6.07) is 15.0. The normalized spacial score (nSPS) is 13.6. The lowest BCUT2D eigenvalue weighted by molar-refractivity contribution is 0.186. The van der Waals surface area contributed by atoms with Crippen molar-refractivity contribution in [1.29, 1.82) is 0 Å². The summed E-state index contributed by atoms with van der Waals surface area (Å²) in [5, 5.41) is 4.86. The van der Waals surface area contributed by atoms with Gasteiger partial charge in [-0.3, -0.25) is 9.47 Å². The molecule has 1 fully saturated rings. The molecule has 5 nitrogen and oxygen atoms in total. The van der Waals surface area contributed by atoms with Gasteiger partial charge in [-0.05, 0) is 54.9 Å². The van der Waals surface area contributed by atoms with Crippen LogP contribution in [0.25, 0.3) is 11.4 Å². The molecule has 7 heteroatoms. The molecule has 1 aliphatic rings. The molecule has 0 unspecified atom stereocenters. The lowest BCUT2D eigenvalue weighted by Gasteiger charge is -2.21. The number of hydrogen-bond donors (Lipinski definition) is 0. The van der Waals surface area contributed by atoms with E-state index >= 15 is 0 Å². The van der Waals surface area contributed by atoms with Crippen molar-refractivity contribution in [2.75, 3.05) is 7.11 Å². The Labute approximate surface area is 181 Å². The minimum absolute atomic E-state index is 0.219. The fourth-order valence-electron chi connectivity index (χ4n) is 3.59. The number of para-hydroxylation sites is 1. The Bertz CT molecular complexity index is 1090. The fourth-order valence-corrected chi connectivity index (χ4v) is 3.85. The van der Waals surface area contributed by atoms with E-state index < -0.39 is 0 Å². The predicted molar refractivity (Wildman–Crippen MR) is 118 cm³/mol. The fraction of sp³-hybridized carbons (Fsp3) is 0.304. The topological polar surface area (TPSA) is 35.2 Å². The molecule has 1 aromatic heterocycles. The molecule has 0 N–H and O–H groups in total. The first-order valence-electron chi connectivity index (χ1n) is 10.0. The van der Waals surface area contributed by atoms with Gasteiger partial charge in [0.05, 0.1) is 19.3 Å². The van der Waals surface area contributed by atoms with Crippen LogP contribution in [0.2, 0.25) is 0 Å². The van der Waals surface area contributed by atoms with Crippen molar-refractivity contribution in [3.63, 3.8) is 0 Å². The number of hydrogen-bond acceptors (Lipinski definition) is 4. The Morgan fingerprint density at radius 1 is 1.23 bits per heavy atom. The molecule has 0 amide bonds. The molecule has 2 aromatic carbocycles. The molecule has 0 radical (unpaired) electrons. The van der Waals surface area contributed by atoms with Gasteiger partial charge < -0.3 is 4.74 Å². The summed E-state index contributed by atoms with van der Waals surface area (Å²) >= 11 is 5.76. The number of benzene rings is 2. The third-order valence-electron chi connectivity index (χ3n) is 5.26. The largest absolute Gasteiger partial charge is 0.496 e. The Morgan fingerprint density at radius 2 is 1.97 bits per heavy atom. The Balaban J connectivity index is 1.67. The van der Waals surface area contributed by atoms with E-state index in [1.807, 2.05) is 51.7 Å². The number of aromatic nitrogens is 3. The maximum atomic E-state index is 13.3. The third kappa shape index (κ3) is 4.37. The van der Waals surface area contributed by atoms with E-state index in [1.54, 1.807) is 7.11 Å². The van der Waals surface area contributed by atoms with Gasteiger partial charge in [0.2, 0.25) is 0 Å². The van der Waals surface area contributed by atoms with Crippen molar-refractivity contribution in [2.24, 2.45) is 0 Å². The lowest BCUT2D eigenvalue weighted by atomic mass is 10.2. The zero-order valence-electron chi connectivity index (χ0n) is 17.0. The molecule has 4 rings (SSSR count). The molecular weight excluding hydrogens is 399 g/mol. The summed E-state index contributed by atoms with van der Waals surface area (Å²) in [6.07, 6.45) is 4.13. The van der Waals surface area contributed by atoms with Crippen molar-refractivity contribution >= 4 is 12.2 Å². The van der Waals surface area contributed by atoms with Crippen molar-refractivity contribution in [1.82, 2.24) is 19.2 Å². The van der Waals surface area contributed by atoms with Crippen molar-refractivity contribution < 1.29 is 9.13 Å². The Morgan fingerprint density at radius 3 is 2.63 bits per heavy atom. The highest BCUT2D eigenvalue weighted by atomic mass is 32.1. The minimum atomic E-state index is -0.219. The van der Waals surface area contributed by atoms with Gasteiger partial charge in [-0.1, -0.05) is 30.3 Å². The van der Waals surface area contributed by atoms with Crippen molar-refractivity contribution in [3.8, 4) is 17.1 Å². The van der Waals surface area contributed by atoms with E-state index in [0.29, 0.717) is 24.0 Å². The molecule has 0 aliphatic heterocycles. The summed E-state index contributed by atoms with van der Waals surface area (Å²) < 4.78 is 23.3. The van der Waals surface area contributed by atoms with Crippen LogP contribution in [-0.4, -0.2) is 32.4 Å². The maximum absolute atomic E-state index is 13.3. The zero-order valence-corrected chi connectivity index (χ0v) is 17.8. The van der Waals surface area contributed by atoms with Crippen LogP contribution >= 0.6 is 12.2 Å². The first kappa shape index (κ1) is 20.5. The van der Waals surface area contributed by atoms with Crippen LogP contribution in [0, 0.1) is 10.6 Å². The van der Waals surface area contributed by atoms with E-state index in [4.69, 9.17) is 22.1 Å². The van der Waals surface area contributed by atoms with Crippen LogP contribution in [0.1, 0.15) is 18.4 Å². The lowest BCUT2D eigenvalue weighted by Crippen LogP contribution is -2.29. The second kappa shape index (κ2) is 8.93. The van der Waals surface area contributed by atoms with Crippen LogP contribution in [0.4, 0.5) is 4.39 Å². The quantitative estimate of drug-likeness (QED) is 0.356. The third-order valence-corrected chi connectivity index (χ3v) is 5.69. The van der Waals surface area contributed by atoms with Crippen molar-refractivity contribution in [3.05, 3.63) is 77.3 Å². The molecule has 0 saturated heterocycles.